The van der Waals surface area contributed by atoms with E-state index in [0.29, 0.717) is 0 Å². The average molecular weight is 322 g/mol. The normalized spacial score (nSPS) is 16.9. The Bertz CT molecular complexity index is 542. The van der Waals surface area contributed by atoms with E-state index in [4.69, 9.17) is 16.3 Å². The second kappa shape index (κ2) is 8.81. The highest BCUT2D eigenvalue weighted by Crippen LogP contribution is 2.21. The first-order valence-electron chi connectivity index (χ1n) is 7.68. The van der Waals surface area contributed by atoms with Crippen molar-refractivity contribution in [3.05, 3.63) is 46.5 Å². The van der Waals surface area contributed by atoms with E-state index in [1.165, 1.54) is 5.57 Å². The van der Waals surface area contributed by atoms with Gasteiger partial charge in [-0.25, -0.2) is 0 Å². The molecule has 1 aliphatic heterocycles. The van der Waals surface area contributed by atoms with Gasteiger partial charge in [-0.1, -0.05) is 41.4 Å². The van der Waals surface area contributed by atoms with Crippen molar-refractivity contribution >= 4 is 17.6 Å². The number of nitrogens with one attached hydrogen (secondary N) is 2. The summed E-state index contributed by atoms with van der Waals surface area (Å²) in [6.07, 6.45) is 4.22. The van der Waals surface area contributed by atoms with E-state index in [-0.39, 0.29) is 6.04 Å². The lowest BCUT2D eigenvalue weighted by Crippen LogP contribution is -2.39. The molecule has 0 saturated heterocycles. The topological polar surface area (TPSA) is 45.7 Å². The Morgan fingerprint density at radius 3 is 2.91 bits per heavy atom. The van der Waals surface area contributed by atoms with Crippen LogP contribution < -0.4 is 10.6 Å². The predicted octanol–water partition coefficient (Wildman–Crippen LogP) is 3.30. The summed E-state index contributed by atoms with van der Waals surface area (Å²) in [7, 11) is 1.78. The van der Waals surface area contributed by atoms with Gasteiger partial charge in [-0.05, 0) is 31.4 Å². The number of guanidine groups is 1. The van der Waals surface area contributed by atoms with Crippen LogP contribution in [0.15, 0.2) is 40.9 Å². The van der Waals surface area contributed by atoms with Crippen LogP contribution in [0.2, 0.25) is 5.02 Å². The fourth-order valence-electron chi connectivity index (χ4n) is 2.44. The molecule has 1 aliphatic rings. The SMILES string of the molecule is CN=C(NCCC1=CCOCC1)NC(C)c1ccccc1Cl. The Labute approximate surface area is 137 Å². The molecule has 4 nitrogen and oxygen atoms in total. The summed E-state index contributed by atoms with van der Waals surface area (Å²) >= 11 is 6.23. The first kappa shape index (κ1) is 16.8. The molecule has 5 heteroatoms. The van der Waals surface area contributed by atoms with Crippen molar-refractivity contribution in [2.45, 2.75) is 25.8 Å². The molecule has 2 N–H and O–H groups in total. The third-order valence-corrected chi connectivity index (χ3v) is 4.09. The first-order chi connectivity index (χ1) is 10.7. The molecule has 1 aromatic carbocycles. The molecule has 0 fully saturated rings. The summed E-state index contributed by atoms with van der Waals surface area (Å²) in [5.41, 5.74) is 2.52. The highest BCUT2D eigenvalue weighted by atomic mass is 35.5. The summed E-state index contributed by atoms with van der Waals surface area (Å²) < 4.78 is 5.32. The van der Waals surface area contributed by atoms with Gasteiger partial charge >= 0.3 is 0 Å². The number of nitrogens with zero attached hydrogens (tertiary/aromatic N) is 1. The van der Waals surface area contributed by atoms with Crippen molar-refractivity contribution in [3.63, 3.8) is 0 Å². The Morgan fingerprint density at radius 1 is 1.41 bits per heavy atom. The molecule has 0 bridgehead atoms. The van der Waals surface area contributed by atoms with Crippen LogP contribution in [-0.4, -0.2) is 32.8 Å². The zero-order chi connectivity index (χ0) is 15.8. The van der Waals surface area contributed by atoms with Crippen LogP contribution in [0.4, 0.5) is 0 Å². The van der Waals surface area contributed by atoms with Crippen LogP contribution in [0, 0.1) is 0 Å². The van der Waals surface area contributed by atoms with Crippen LogP contribution >= 0.6 is 11.6 Å². The van der Waals surface area contributed by atoms with Crippen LogP contribution in [0.3, 0.4) is 0 Å². The lowest BCUT2D eigenvalue weighted by atomic mass is 10.1. The molecule has 120 valence electrons. The molecule has 2 rings (SSSR count). The van der Waals surface area contributed by atoms with Gasteiger partial charge < -0.3 is 15.4 Å². The quantitative estimate of drug-likeness (QED) is 0.497. The minimum absolute atomic E-state index is 0.0993. The number of benzene rings is 1. The summed E-state index contributed by atoms with van der Waals surface area (Å²) in [6, 6.07) is 7.96. The zero-order valence-corrected chi connectivity index (χ0v) is 14.0. The summed E-state index contributed by atoms with van der Waals surface area (Å²) in [5, 5.41) is 7.49. The van der Waals surface area contributed by atoms with Crippen molar-refractivity contribution in [2.24, 2.45) is 4.99 Å². The fraction of sp³-hybridized carbons (Fsp3) is 0.471. The average Bonchev–Trinajstić information content (AvgIpc) is 2.55. The Morgan fingerprint density at radius 2 is 2.23 bits per heavy atom. The number of rotatable bonds is 5. The van der Waals surface area contributed by atoms with E-state index < -0.39 is 0 Å². The van der Waals surface area contributed by atoms with Crippen molar-refractivity contribution in [1.82, 2.24) is 10.6 Å². The molecule has 1 unspecified atom stereocenters. The van der Waals surface area contributed by atoms with E-state index >= 15 is 0 Å². The van der Waals surface area contributed by atoms with Crippen LogP contribution in [0.1, 0.15) is 31.4 Å². The van der Waals surface area contributed by atoms with Crippen molar-refractivity contribution in [3.8, 4) is 0 Å². The third kappa shape index (κ3) is 5.04. The Balaban J connectivity index is 1.82. The summed E-state index contributed by atoms with van der Waals surface area (Å²) in [4.78, 5) is 4.27. The van der Waals surface area contributed by atoms with Crippen molar-refractivity contribution < 1.29 is 4.74 Å². The smallest absolute Gasteiger partial charge is 0.191 e. The lowest BCUT2D eigenvalue weighted by molar-refractivity contribution is 0.153. The molecule has 1 aromatic rings. The maximum atomic E-state index is 6.23. The number of hydrogen-bond acceptors (Lipinski definition) is 2. The van der Waals surface area contributed by atoms with Gasteiger partial charge in [0.2, 0.25) is 0 Å². The van der Waals surface area contributed by atoms with E-state index in [9.17, 15) is 0 Å². The van der Waals surface area contributed by atoms with Crippen LogP contribution in [0.25, 0.3) is 0 Å². The molecular weight excluding hydrogens is 298 g/mol. The highest BCUT2D eigenvalue weighted by Gasteiger charge is 2.11. The predicted molar refractivity (Wildman–Crippen MR) is 92.5 cm³/mol. The Kier molecular flexibility index (Phi) is 6.74. The molecule has 0 spiro atoms. The highest BCUT2D eigenvalue weighted by molar-refractivity contribution is 6.31. The van der Waals surface area contributed by atoms with E-state index in [1.54, 1.807) is 7.05 Å². The van der Waals surface area contributed by atoms with Gasteiger partial charge in [-0.15, -0.1) is 0 Å². The molecule has 1 heterocycles. The van der Waals surface area contributed by atoms with Gasteiger partial charge in [0.05, 0.1) is 19.3 Å². The number of aliphatic imine (C=N–C) groups is 1. The molecule has 0 aliphatic carbocycles. The Hall–Kier alpha value is -1.52. The second-order valence-corrected chi connectivity index (χ2v) is 5.73. The minimum Gasteiger partial charge on any atom is -0.377 e. The van der Waals surface area contributed by atoms with Gasteiger partial charge in [0.1, 0.15) is 0 Å². The fourth-order valence-corrected chi connectivity index (χ4v) is 2.74. The van der Waals surface area contributed by atoms with Gasteiger partial charge in [-0.2, -0.15) is 0 Å². The molecular formula is C17H24ClN3O. The maximum Gasteiger partial charge on any atom is 0.191 e. The van der Waals surface area contributed by atoms with Crippen molar-refractivity contribution in [1.29, 1.82) is 0 Å². The largest absolute Gasteiger partial charge is 0.377 e. The summed E-state index contributed by atoms with van der Waals surface area (Å²) in [6.45, 7) is 4.52. The zero-order valence-electron chi connectivity index (χ0n) is 13.2. The molecule has 0 aromatic heterocycles. The monoisotopic (exact) mass is 321 g/mol. The number of halogens is 1. The van der Waals surface area contributed by atoms with E-state index in [0.717, 1.165) is 49.1 Å². The van der Waals surface area contributed by atoms with Gasteiger partial charge in [0, 0.05) is 18.6 Å². The molecule has 0 radical (unpaired) electrons. The minimum atomic E-state index is 0.0993. The lowest BCUT2D eigenvalue weighted by Gasteiger charge is -2.20. The number of ether oxygens (including phenoxy) is 1. The van der Waals surface area contributed by atoms with Crippen LogP contribution in [0.5, 0.6) is 0 Å². The molecule has 0 amide bonds. The standard InChI is InChI=1S/C17H24ClN3O/c1-13(15-5-3-4-6-16(15)18)21-17(19-2)20-10-7-14-8-11-22-12-9-14/h3-6,8,13H,7,9-12H2,1-2H3,(H2,19,20,21). The van der Waals surface area contributed by atoms with E-state index in [1.807, 2.05) is 24.3 Å². The van der Waals surface area contributed by atoms with Crippen molar-refractivity contribution in [2.75, 3.05) is 26.8 Å². The third-order valence-electron chi connectivity index (χ3n) is 3.74. The van der Waals surface area contributed by atoms with E-state index in [2.05, 4.69) is 28.6 Å². The van der Waals surface area contributed by atoms with Gasteiger partial charge in [-0.3, -0.25) is 4.99 Å². The second-order valence-electron chi connectivity index (χ2n) is 5.32. The molecule has 22 heavy (non-hydrogen) atoms. The molecule has 0 saturated carbocycles. The van der Waals surface area contributed by atoms with Gasteiger partial charge in [0.25, 0.3) is 0 Å². The molecule has 1 atom stereocenters. The summed E-state index contributed by atoms with van der Waals surface area (Å²) in [5.74, 6) is 0.792. The first-order valence-corrected chi connectivity index (χ1v) is 8.05. The maximum absolute atomic E-state index is 6.23. The number of hydrogen-bond donors (Lipinski definition) is 2. The van der Waals surface area contributed by atoms with Gasteiger partial charge in [0.15, 0.2) is 5.96 Å². The van der Waals surface area contributed by atoms with Crippen LogP contribution in [-0.2, 0) is 4.74 Å².